The summed E-state index contributed by atoms with van der Waals surface area (Å²) in [6.07, 6.45) is 2.95. The maximum absolute atomic E-state index is 12.8. The van der Waals surface area contributed by atoms with E-state index in [1.165, 1.54) is 10.5 Å². The summed E-state index contributed by atoms with van der Waals surface area (Å²) < 4.78 is 26.9. The number of rotatable bonds is 5. The average Bonchev–Trinajstić information content (AvgIpc) is 2.48. The van der Waals surface area contributed by atoms with Gasteiger partial charge in [0.2, 0.25) is 0 Å². The van der Waals surface area contributed by atoms with E-state index in [0.717, 1.165) is 5.56 Å². The molecule has 2 aromatic rings. The number of aromatic nitrogens is 1. The molecular formula is C15H19N3O2S. The van der Waals surface area contributed by atoms with Crippen molar-refractivity contribution in [3.05, 3.63) is 48.3 Å². The first-order valence-corrected chi connectivity index (χ1v) is 8.15. The van der Waals surface area contributed by atoms with Gasteiger partial charge in [-0.15, -0.1) is 0 Å². The quantitative estimate of drug-likeness (QED) is 0.922. The van der Waals surface area contributed by atoms with Crippen LogP contribution in [0.4, 0.5) is 11.4 Å². The van der Waals surface area contributed by atoms with E-state index in [1.807, 2.05) is 32.0 Å². The number of sulfonamides is 1. The molecule has 1 N–H and O–H groups in total. The van der Waals surface area contributed by atoms with E-state index in [0.29, 0.717) is 17.9 Å². The Balaban J connectivity index is 2.50. The molecule has 1 heterocycles. The van der Waals surface area contributed by atoms with Crippen molar-refractivity contribution in [1.29, 1.82) is 0 Å². The topological polar surface area (TPSA) is 62.3 Å². The highest BCUT2D eigenvalue weighted by Crippen LogP contribution is 2.28. The van der Waals surface area contributed by atoms with Crippen LogP contribution < -0.4 is 9.62 Å². The minimum Gasteiger partial charge on any atom is -0.384 e. The first-order chi connectivity index (χ1) is 9.98. The number of aryl methyl sites for hydroxylation is 1. The van der Waals surface area contributed by atoms with Crippen LogP contribution in [-0.4, -0.2) is 27.0 Å². The van der Waals surface area contributed by atoms with Crippen molar-refractivity contribution >= 4 is 21.4 Å². The first kappa shape index (κ1) is 15.3. The Labute approximate surface area is 125 Å². The van der Waals surface area contributed by atoms with Gasteiger partial charge in [0.25, 0.3) is 10.0 Å². The lowest BCUT2D eigenvalue weighted by Crippen LogP contribution is -2.28. The Morgan fingerprint density at radius 1 is 1.24 bits per heavy atom. The summed E-state index contributed by atoms with van der Waals surface area (Å²) in [5.74, 6) is 0. The molecule has 112 valence electrons. The summed E-state index contributed by atoms with van der Waals surface area (Å²) in [6, 6.07) is 9.05. The van der Waals surface area contributed by atoms with Crippen LogP contribution in [0.5, 0.6) is 0 Å². The van der Waals surface area contributed by atoms with Crippen molar-refractivity contribution in [1.82, 2.24) is 4.98 Å². The normalized spacial score (nSPS) is 11.2. The molecule has 0 saturated heterocycles. The van der Waals surface area contributed by atoms with Gasteiger partial charge in [0.1, 0.15) is 4.90 Å². The SMILES string of the molecule is CCNc1ccncc1S(=O)(=O)N(C)c1ccccc1C. The molecule has 2 rings (SSSR count). The summed E-state index contributed by atoms with van der Waals surface area (Å²) in [7, 11) is -2.10. The highest BCUT2D eigenvalue weighted by Gasteiger charge is 2.25. The van der Waals surface area contributed by atoms with E-state index in [9.17, 15) is 8.42 Å². The van der Waals surface area contributed by atoms with Gasteiger partial charge in [0, 0.05) is 26.0 Å². The Hall–Kier alpha value is -2.08. The number of nitrogens with one attached hydrogen (secondary N) is 1. The number of pyridine rings is 1. The van der Waals surface area contributed by atoms with Crippen LogP contribution in [0.15, 0.2) is 47.6 Å². The zero-order valence-corrected chi connectivity index (χ0v) is 13.2. The van der Waals surface area contributed by atoms with E-state index < -0.39 is 10.0 Å². The van der Waals surface area contributed by atoms with Gasteiger partial charge in [-0.1, -0.05) is 18.2 Å². The molecule has 0 aliphatic heterocycles. The van der Waals surface area contributed by atoms with Crippen molar-refractivity contribution in [2.75, 3.05) is 23.2 Å². The second-order valence-corrected chi connectivity index (χ2v) is 6.60. The van der Waals surface area contributed by atoms with Gasteiger partial charge in [0.05, 0.1) is 11.4 Å². The fraction of sp³-hybridized carbons (Fsp3) is 0.267. The third-order valence-electron chi connectivity index (χ3n) is 3.24. The molecule has 0 fully saturated rings. The first-order valence-electron chi connectivity index (χ1n) is 6.71. The number of nitrogens with zero attached hydrogens (tertiary/aromatic N) is 2. The van der Waals surface area contributed by atoms with Crippen molar-refractivity contribution in [3.63, 3.8) is 0 Å². The molecule has 0 saturated carbocycles. The van der Waals surface area contributed by atoms with Crippen LogP contribution in [0.3, 0.4) is 0 Å². The van der Waals surface area contributed by atoms with Crippen LogP contribution in [0, 0.1) is 6.92 Å². The number of anilines is 2. The van der Waals surface area contributed by atoms with Crippen LogP contribution in [0.25, 0.3) is 0 Å². The van der Waals surface area contributed by atoms with Crippen molar-refractivity contribution in [2.24, 2.45) is 0 Å². The predicted octanol–water partition coefficient (Wildman–Crippen LogP) is 2.65. The second-order valence-electron chi connectivity index (χ2n) is 4.66. The molecule has 1 aromatic heterocycles. The van der Waals surface area contributed by atoms with Gasteiger partial charge in [-0.2, -0.15) is 0 Å². The highest BCUT2D eigenvalue weighted by molar-refractivity contribution is 7.93. The third-order valence-corrected chi connectivity index (χ3v) is 5.04. The van der Waals surface area contributed by atoms with E-state index >= 15 is 0 Å². The Bertz CT molecular complexity index is 729. The molecule has 0 unspecified atom stereocenters. The molecule has 0 amide bonds. The number of hydrogen-bond acceptors (Lipinski definition) is 4. The molecule has 21 heavy (non-hydrogen) atoms. The molecule has 0 bridgehead atoms. The standard InChI is InChI=1S/C15H19N3O2S/c1-4-17-13-9-10-16-11-15(13)21(19,20)18(3)14-8-6-5-7-12(14)2/h5-11H,4H2,1-3H3,(H,16,17). The number of benzene rings is 1. The van der Waals surface area contributed by atoms with Crippen molar-refractivity contribution in [2.45, 2.75) is 18.7 Å². The lowest BCUT2D eigenvalue weighted by molar-refractivity contribution is 0.594. The Morgan fingerprint density at radius 3 is 2.62 bits per heavy atom. The van der Waals surface area contributed by atoms with Crippen molar-refractivity contribution in [3.8, 4) is 0 Å². The summed E-state index contributed by atoms with van der Waals surface area (Å²) in [6.45, 7) is 4.44. The molecule has 0 spiro atoms. The molecular weight excluding hydrogens is 286 g/mol. The third kappa shape index (κ3) is 3.00. The molecule has 0 aliphatic rings. The van der Waals surface area contributed by atoms with Crippen LogP contribution >= 0.6 is 0 Å². The Kier molecular flexibility index (Phi) is 4.47. The minimum atomic E-state index is -3.66. The molecule has 5 nitrogen and oxygen atoms in total. The lowest BCUT2D eigenvalue weighted by Gasteiger charge is -2.22. The molecule has 1 aromatic carbocycles. The fourth-order valence-corrected chi connectivity index (χ4v) is 3.49. The zero-order valence-electron chi connectivity index (χ0n) is 12.4. The van der Waals surface area contributed by atoms with Gasteiger partial charge in [-0.05, 0) is 31.5 Å². The lowest BCUT2D eigenvalue weighted by atomic mass is 10.2. The second kappa shape index (κ2) is 6.13. The van der Waals surface area contributed by atoms with E-state index in [-0.39, 0.29) is 4.90 Å². The zero-order chi connectivity index (χ0) is 15.5. The predicted molar refractivity (Wildman–Crippen MR) is 85.2 cm³/mol. The minimum absolute atomic E-state index is 0.178. The summed E-state index contributed by atoms with van der Waals surface area (Å²) >= 11 is 0. The van der Waals surface area contributed by atoms with Gasteiger partial charge >= 0.3 is 0 Å². The highest BCUT2D eigenvalue weighted by atomic mass is 32.2. The van der Waals surface area contributed by atoms with Gasteiger partial charge < -0.3 is 5.32 Å². The van der Waals surface area contributed by atoms with Gasteiger partial charge in [-0.3, -0.25) is 9.29 Å². The smallest absolute Gasteiger partial charge is 0.267 e. The molecule has 0 atom stereocenters. The van der Waals surface area contributed by atoms with E-state index in [4.69, 9.17) is 0 Å². The average molecular weight is 305 g/mol. The Morgan fingerprint density at radius 2 is 1.95 bits per heavy atom. The van der Waals surface area contributed by atoms with Crippen LogP contribution in [0.1, 0.15) is 12.5 Å². The monoisotopic (exact) mass is 305 g/mol. The van der Waals surface area contributed by atoms with Crippen molar-refractivity contribution < 1.29 is 8.42 Å². The number of hydrogen-bond donors (Lipinski definition) is 1. The number of para-hydroxylation sites is 1. The largest absolute Gasteiger partial charge is 0.384 e. The van der Waals surface area contributed by atoms with Crippen LogP contribution in [0.2, 0.25) is 0 Å². The fourth-order valence-electron chi connectivity index (χ4n) is 2.12. The maximum Gasteiger partial charge on any atom is 0.267 e. The molecule has 0 aliphatic carbocycles. The van der Waals surface area contributed by atoms with E-state index in [2.05, 4.69) is 10.3 Å². The van der Waals surface area contributed by atoms with Gasteiger partial charge in [0.15, 0.2) is 0 Å². The van der Waals surface area contributed by atoms with E-state index in [1.54, 1.807) is 25.4 Å². The molecule has 0 radical (unpaired) electrons. The summed E-state index contributed by atoms with van der Waals surface area (Å²) in [4.78, 5) is 4.12. The summed E-state index contributed by atoms with van der Waals surface area (Å²) in [5, 5.41) is 3.06. The van der Waals surface area contributed by atoms with Gasteiger partial charge in [-0.25, -0.2) is 8.42 Å². The molecule has 6 heteroatoms. The summed E-state index contributed by atoms with van der Waals surface area (Å²) in [5.41, 5.74) is 2.12. The van der Waals surface area contributed by atoms with Crippen LogP contribution in [-0.2, 0) is 10.0 Å². The maximum atomic E-state index is 12.8.